The van der Waals surface area contributed by atoms with Crippen molar-refractivity contribution in [3.63, 3.8) is 0 Å². The number of carbonyl (C=O) groups is 1. The molecule has 174 valence electrons. The van der Waals surface area contributed by atoms with Crippen molar-refractivity contribution in [1.82, 2.24) is 5.32 Å². The Morgan fingerprint density at radius 2 is 1.70 bits per heavy atom. The molecule has 6 nitrogen and oxygen atoms in total. The molecule has 0 aliphatic rings. The van der Waals surface area contributed by atoms with Crippen LogP contribution in [0.25, 0.3) is 0 Å². The molecule has 0 aliphatic heterocycles. The molecule has 3 rings (SSSR count). The first-order valence-electron chi connectivity index (χ1n) is 10.8. The summed E-state index contributed by atoms with van der Waals surface area (Å²) in [5.74, 6) is 0.449. The normalized spacial score (nSPS) is 12.2. The van der Waals surface area contributed by atoms with Crippen molar-refractivity contribution in [2.75, 3.05) is 18.5 Å². The van der Waals surface area contributed by atoms with Crippen LogP contribution in [0.15, 0.2) is 71.6 Å². The number of benzene rings is 3. The quantitative estimate of drug-likeness (QED) is 0.506. The highest BCUT2D eigenvalue weighted by atomic mass is 32.2. The number of nitrogens with one attached hydrogen (secondary N) is 1. The van der Waals surface area contributed by atoms with E-state index in [1.165, 1.54) is 7.05 Å². The lowest BCUT2D eigenvalue weighted by atomic mass is 10.0. The topological polar surface area (TPSA) is 75.7 Å². The number of nitrogens with zero attached hydrogens (tertiary/aromatic N) is 1. The highest BCUT2D eigenvalue weighted by Gasteiger charge is 2.26. The second-order valence-electron chi connectivity index (χ2n) is 7.97. The zero-order valence-corrected chi connectivity index (χ0v) is 20.4. The van der Waals surface area contributed by atoms with Gasteiger partial charge in [0.15, 0.2) is 0 Å². The van der Waals surface area contributed by atoms with E-state index >= 15 is 0 Å². The van der Waals surface area contributed by atoms with Crippen molar-refractivity contribution in [2.45, 2.75) is 38.1 Å². The maximum atomic E-state index is 13.3. The molecule has 0 unspecified atom stereocenters. The number of rotatable bonds is 8. The van der Waals surface area contributed by atoms with Gasteiger partial charge in [0.05, 0.1) is 29.3 Å². The minimum Gasteiger partial charge on any atom is -0.496 e. The molecule has 33 heavy (non-hydrogen) atoms. The fourth-order valence-electron chi connectivity index (χ4n) is 3.71. The van der Waals surface area contributed by atoms with Gasteiger partial charge in [-0.2, -0.15) is 0 Å². The number of hydrogen-bond donors (Lipinski definition) is 1. The minimum atomic E-state index is -3.82. The van der Waals surface area contributed by atoms with Gasteiger partial charge in [-0.15, -0.1) is 0 Å². The van der Waals surface area contributed by atoms with Crippen LogP contribution in [-0.2, 0) is 10.0 Å². The maximum absolute atomic E-state index is 13.3. The van der Waals surface area contributed by atoms with Crippen molar-refractivity contribution in [3.8, 4) is 5.75 Å². The zero-order chi connectivity index (χ0) is 24.2. The van der Waals surface area contributed by atoms with E-state index in [1.807, 2.05) is 39.0 Å². The SMILES string of the molecule is CC[C@H](NC(=O)c1ccccc1N(C)S(=O)(=O)c1ccc(C)cc1)c1ccc(OC)c(C)c1. The minimum absolute atomic E-state index is 0.172. The summed E-state index contributed by atoms with van der Waals surface area (Å²) in [6.07, 6.45) is 0.678. The first kappa shape index (κ1) is 24.3. The molecule has 0 aromatic heterocycles. The van der Waals surface area contributed by atoms with Crippen LogP contribution in [0.2, 0.25) is 0 Å². The molecular formula is C26H30N2O4S. The molecule has 0 radical (unpaired) electrons. The molecule has 0 spiro atoms. The highest BCUT2D eigenvalue weighted by molar-refractivity contribution is 7.92. The van der Waals surface area contributed by atoms with Crippen LogP contribution in [0.5, 0.6) is 5.75 Å². The van der Waals surface area contributed by atoms with Gasteiger partial charge in [0.25, 0.3) is 15.9 Å². The Balaban J connectivity index is 1.90. The molecule has 0 saturated heterocycles. The van der Waals surface area contributed by atoms with E-state index in [2.05, 4.69) is 5.32 Å². The highest BCUT2D eigenvalue weighted by Crippen LogP contribution is 2.28. The molecule has 1 amide bonds. The second-order valence-corrected chi connectivity index (χ2v) is 9.94. The fraction of sp³-hybridized carbons (Fsp3) is 0.269. The lowest BCUT2D eigenvalue weighted by Crippen LogP contribution is -2.32. The van der Waals surface area contributed by atoms with Gasteiger partial charge in [0.1, 0.15) is 5.75 Å². The third-order valence-electron chi connectivity index (χ3n) is 5.70. The summed E-state index contributed by atoms with van der Waals surface area (Å²) >= 11 is 0. The third kappa shape index (κ3) is 5.20. The number of aryl methyl sites for hydroxylation is 2. The standard InChI is InChI=1S/C26H30N2O4S/c1-6-23(20-13-16-25(32-5)19(3)17-20)27-26(29)22-9-7-8-10-24(22)28(4)33(30,31)21-14-11-18(2)12-15-21/h7-17,23H,6H2,1-5H3,(H,27,29)/t23-/m0/s1. The largest absolute Gasteiger partial charge is 0.496 e. The molecule has 3 aromatic carbocycles. The van der Waals surface area contributed by atoms with Crippen molar-refractivity contribution in [2.24, 2.45) is 0 Å². The number of methoxy groups -OCH3 is 1. The fourth-order valence-corrected chi connectivity index (χ4v) is 4.93. The lowest BCUT2D eigenvalue weighted by molar-refractivity contribution is 0.0936. The van der Waals surface area contributed by atoms with E-state index in [0.717, 1.165) is 26.7 Å². The monoisotopic (exact) mass is 466 g/mol. The Morgan fingerprint density at radius 1 is 1.03 bits per heavy atom. The third-order valence-corrected chi connectivity index (χ3v) is 7.49. The number of sulfonamides is 1. The zero-order valence-electron chi connectivity index (χ0n) is 19.6. The van der Waals surface area contributed by atoms with Crippen molar-refractivity contribution in [1.29, 1.82) is 0 Å². The van der Waals surface area contributed by atoms with Gasteiger partial charge in [-0.3, -0.25) is 9.10 Å². The average molecular weight is 467 g/mol. The number of para-hydroxylation sites is 1. The first-order valence-corrected chi connectivity index (χ1v) is 12.2. The van der Waals surface area contributed by atoms with Crippen molar-refractivity contribution < 1.29 is 17.9 Å². The van der Waals surface area contributed by atoms with E-state index in [-0.39, 0.29) is 16.8 Å². The number of carbonyl (C=O) groups excluding carboxylic acids is 1. The van der Waals surface area contributed by atoms with E-state index in [4.69, 9.17) is 4.74 Å². The predicted molar refractivity (Wildman–Crippen MR) is 131 cm³/mol. The Morgan fingerprint density at radius 3 is 2.30 bits per heavy atom. The molecule has 1 atom stereocenters. The molecule has 0 aliphatic carbocycles. The lowest BCUT2D eigenvalue weighted by Gasteiger charge is -2.24. The summed E-state index contributed by atoms with van der Waals surface area (Å²) in [5, 5.41) is 3.06. The average Bonchev–Trinajstić information content (AvgIpc) is 2.82. The van der Waals surface area contributed by atoms with Crippen molar-refractivity contribution >= 4 is 21.6 Å². The van der Waals surface area contributed by atoms with Gasteiger partial charge in [-0.05, 0) is 61.7 Å². The number of ether oxygens (including phenoxy) is 1. The molecule has 0 fully saturated rings. The summed E-state index contributed by atoms with van der Waals surface area (Å²) in [7, 11) is -0.737. The Labute approximate surface area is 196 Å². The van der Waals surface area contributed by atoms with E-state index < -0.39 is 10.0 Å². The van der Waals surface area contributed by atoms with Gasteiger partial charge in [0, 0.05) is 7.05 Å². The number of amides is 1. The van der Waals surface area contributed by atoms with Crippen LogP contribution in [0.3, 0.4) is 0 Å². The molecule has 1 N–H and O–H groups in total. The molecule has 3 aromatic rings. The Kier molecular flexibility index (Phi) is 7.43. The maximum Gasteiger partial charge on any atom is 0.264 e. The van der Waals surface area contributed by atoms with Crippen LogP contribution >= 0.6 is 0 Å². The number of hydrogen-bond acceptors (Lipinski definition) is 4. The van der Waals surface area contributed by atoms with Crippen LogP contribution < -0.4 is 14.4 Å². The van der Waals surface area contributed by atoms with E-state index in [0.29, 0.717) is 17.7 Å². The van der Waals surface area contributed by atoms with E-state index in [9.17, 15) is 13.2 Å². The van der Waals surface area contributed by atoms with Gasteiger partial charge in [0.2, 0.25) is 0 Å². The summed E-state index contributed by atoms with van der Waals surface area (Å²) < 4.78 is 32.9. The summed E-state index contributed by atoms with van der Waals surface area (Å²) in [6, 6.07) is 18.9. The molecule has 7 heteroatoms. The Bertz CT molecular complexity index is 1240. The first-order chi connectivity index (χ1) is 15.7. The van der Waals surface area contributed by atoms with Gasteiger partial charge >= 0.3 is 0 Å². The summed E-state index contributed by atoms with van der Waals surface area (Å²) in [4.78, 5) is 13.4. The van der Waals surface area contributed by atoms with Crippen LogP contribution in [0.4, 0.5) is 5.69 Å². The predicted octanol–water partition coefficient (Wildman–Crippen LogP) is 5.02. The van der Waals surface area contributed by atoms with Crippen LogP contribution in [0, 0.1) is 13.8 Å². The van der Waals surface area contributed by atoms with Gasteiger partial charge in [-0.1, -0.05) is 48.9 Å². The molecular weight excluding hydrogens is 436 g/mol. The van der Waals surface area contributed by atoms with Crippen LogP contribution in [-0.4, -0.2) is 28.5 Å². The second kappa shape index (κ2) is 10.1. The molecule has 0 bridgehead atoms. The molecule has 0 saturated carbocycles. The van der Waals surface area contributed by atoms with Gasteiger partial charge in [-0.25, -0.2) is 8.42 Å². The Hall–Kier alpha value is -3.32. The molecule has 0 heterocycles. The van der Waals surface area contributed by atoms with E-state index in [1.54, 1.807) is 55.6 Å². The van der Waals surface area contributed by atoms with Crippen LogP contribution in [0.1, 0.15) is 46.4 Å². The smallest absolute Gasteiger partial charge is 0.264 e. The summed E-state index contributed by atoms with van der Waals surface area (Å²) in [5.41, 5.74) is 3.51. The number of anilines is 1. The van der Waals surface area contributed by atoms with Crippen molar-refractivity contribution in [3.05, 3.63) is 89.0 Å². The van der Waals surface area contributed by atoms with Gasteiger partial charge < -0.3 is 10.1 Å². The summed E-state index contributed by atoms with van der Waals surface area (Å²) in [6.45, 7) is 5.84.